The van der Waals surface area contributed by atoms with Crippen LogP contribution >= 0.6 is 24.8 Å². The van der Waals surface area contributed by atoms with Crippen molar-refractivity contribution in [2.45, 2.75) is 44.2 Å². The molecule has 6 nitrogen and oxygen atoms in total. The Bertz CT molecular complexity index is 556. The van der Waals surface area contributed by atoms with E-state index in [1.54, 1.807) is 7.11 Å². The van der Waals surface area contributed by atoms with Crippen molar-refractivity contribution in [1.82, 2.24) is 15.5 Å². The third kappa shape index (κ3) is 5.14. The summed E-state index contributed by atoms with van der Waals surface area (Å²) >= 11 is 0. The number of hydrogen-bond donors (Lipinski definition) is 2. The van der Waals surface area contributed by atoms with E-state index < -0.39 is 5.60 Å². The molecule has 2 aliphatic rings. The highest BCUT2D eigenvalue weighted by atomic mass is 35.5. The molecule has 0 radical (unpaired) electrons. The van der Waals surface area contributed by atoms with Gasteiger partial charge in [-0.05, 0) is 70.9 Å². The van der Waals surface area contributed by atoms with Crippen molar-refractivity contribution in [3.8, 4) is 0 Å². The standard InChI is InChI=1S/C18H29N3O3.2ClH/c1-14-5-6-16(24-14)15(21-11-3-4-12-21)13-20-17(22)18(23-2)7-9-19-10-8-18;;/h5-6,15,19H,3-4,7-13H2,1-2H3,(H,20,22);2*1H. The molecular weight excluding hydrogens is 377 g/mol. The van der Waals surface area contributed by atoms with Crippen molar-refractivity contribution < 1.29 is 13.9 Å². The second-order valence-corrected chi connectivity index (χ2v) is 6.87. The molecule has 0 bridgehead atoms. The summed E-state index contributed by atoms with van der Waals surface area (Å²) in [4.78, 5) is 15.2. The van der Waals surface area contributed by atoms with Gasteiger partial charge in [0.25, 0.3) is 5.91 Å². The third-order valence-corrected chi connectivity index (χ3v) is 5.34. The van der Waals surface area contributed by atoms with E-state index in [2.05, 4.69) is 15.5 Å². The summed E-state index contributed by atoms with van der Waals surface area (Å²) in [6.07, 6.45) is 3.84. The van der Waals surface area contributed by atoms with E-state index in [1.807, 2.05) is 19.1 Å². The maximum Gasteiger partial charge on any atom is 0.252 e. The SMILES string of the molecule is COC1(C(=O)NCC(c2ccc(C)o2)N2CCCC2)CCNCC1.Cl.Cl. The Morgan fingerprint density at radius 3 is 2.50 bits per heavy atom. The predicted molar refractivity (Wildman–Crippen MR) is 106 cm³/mol. The molecule has 0 aliphatic carbocycles. The first-order valence-electron chi connectivity index (χ1n) is 8.99. The van der Waals surface area contributed by atoms with E-state index in [9.17, 15) is 4.79 Å². The highest BCUT2D eigenvalue weighted by Gasteiger charge is 2.40. The van der Waals surface area contributed by atoms with Crippen LogP contribution in [0.15, 0.2) is 16.5 Å². The quantitative estimate of drug-likeness (QED) is 0.757. The minimum absolute atomic E-state index is 0. The number of methoxy groups -OCH3 is 1. The number of amides is 1. The molecule has 26 heavy (non-hydrogen) atoms. The number of halogens is 2. The molecular formula is C18H31Cl2N3O3. The van der Waals surface area contributed by atoms with Crippen molar-refractivity contribution in [1.29, 1.82) is 0 Å². The number of aryl methyl sites for hydroxylation is 1. The Hall–Kier alpha value is -0.790. The van der Waals surface area contributed by atoms with Gasteiger partial charge in [-0.2, -0.15) is 0 Å². The van der Waals surface area contributed by atoms with Gasteiger partial charge in [-0.1, -0.05) is 0 Å². The monoisotopic (exact) mass is 407 g/mol. The van der Waals surface area contributed by atoms with E-state index in [0.29, 0.717) is 19.4 Å². The number of ether oxygens (including phenoxy) is 1. The van der Waals surface area contributed by atoms with E-state index in [4.69, 9.17) is 9.15 Å². The average Bonchev–Trinajstić information content (AvgIpc) is 3.28. The Labute approximate surface area is 168 Å². The molecule has 1 amide bonds. The first-order chi connectivity index (χ1) is 11.6. The zero-order valence-electron chi connectivity index (χ0n) is 15.6. The van der Waals surface area contributed by atoms with Gasteiger partial charge in [0.05, 0.1) is 6.04 Å². The smallest absolute Gasteiger partial charge is 0.252 e. The molecule has 2 saturated heterocycles. The minimum atomic E-state index is -0.695. The Morgan fingerprint density at radius 1 is 1.31 bits per heavy atom. The van der Waals surface area contributed by atoms with Crippen LogP contribution in [0.25, 0.3) is 0 Å². The lowest BCUT2D eigenvalue weighted by molar-refractivity contribution is -0.147. The molecule has 2 aliphatic heterocycles. The maximum absolute atomic E-state index is 12.8. The Kier molecular flexibility index (Phi) is 9.41. The van der Waals surface area contributed by atoms with Gasteiger partial charge in [-0.3, -0.25) is 9.69 Å². The maximum atomic E-state index is 12.8. The lowest BCUT2D eigenvalue weighted by atomic mass is 9.91. The van der Waals surface area contributed by atoms with Crippen molar-refractivity contribution in [3.63, 3.8) is 0 Å². The van der Waals surface area contributed by atoms with Gasteiger partial charge in [-0.25, -0.2) is 0 Å². The molecule has 1 unspecified atom stereocenters. The molecule has 1 aromatic rings. The van der Waals surface area contributed by atoms with Crippen LogP contribution in [-0.4, -0.2) is 56.2 Å². The molecule has 150 valence electrons. The van der Waals surface area contributed by atoms with Crippen LogP contribution in [0.4, 0.5) is 0 Å². The van der Waals surface area contributed by atoms with Crippen molar-refractivity contribution in [2.24, 2.45) is 0 Å². The second-order valence-electron chi connectivity index (χ2n) is 6.87. The van der Waals surface area contributed by atoms with Gasteiger partial charge >= 0.3 is 0 Å². The fourth-order valence-electron chi connectivity index (χ4n) is 3.80. The molecule has 3 heterocycles. The Morgan fingerprint density at radius 2 is 1.96 bits per heavy atom. The van der Waals surface area contributed by atoms with Crippen LogP contribution in [0, 0.1) is 6.92 Å². The van der Waals surface area contributed by atoms with Crippen molar-refractivity contribution in [3.05, 3.63) is 23.7 Å². The van der Waals surface area contributed by atoms with E-state index in [-0.39, 0.29) is 36.8 Å². The van der Waals surface area contributed by atoms with Crippen molar-refractivity contribution >= 4 is 30.7 Å². The predicted octanol–water partition coefficient (Wildman–Crippen LogP) is 2.45. The normalized spacial score (nSPS) is 20.7. The van der Waals surface area contributed by atoms with Gasteiger partial charge in [0, 0.05) is 13.7 Å². The number of rotatable bonds is 6. The number of nitrogens with one attached hydrogen (secondary N) is 2. The number of carbonyl (C=O) groups is 1. The topological polar surface area (TPSA) is 66.7 Å². The van der Waals surface area contributed by atoms with Gasteiger partial charge in [-0.15, -0.1) is 24.8 Å². The van der Waals surface area contributed by atoms with Crippen LogP contribution in [0.3, 0.4) is 0 Å². The molecule has 3 rings (SSSR count). The van der Waals surface area contributed by atoms with E-state index >= 15 is 0 Å². The molecule has 8 heteroatoms. The average molecular weight is 408 g/mol. The summed E-state index contributed by atoms with van der Waals surface area (Å²) in [5.74, 6) is 1.85. The highest BCUT2D eigenvalue weighted by molar-refractivity contribution is 5.86. The summed E-state index contributed by atoms with van der Waals surface area (Å²) in [6, 6.07) is 4.12. The second kappa shape index (κ2) is 10.5. The first-order valence-corrected chi connectivity index (χ1v) is 8.99. The fourth-order valence-corrected chi connectivity index (χ4v) is 3.80. The van der Waals surface area contributed by atoms with Gasteiger partial charge in [0.1, 0.15) is 17.1 Å². The number of hydrogen-bond acceptors (Lipinski definition) is 5. The fraction of sp³-hybridized carbons (Fsp3) is 0.722. The van der Waals surface area contributed by atoms with Gasteiger partial charge < -0.3 is 19.8 Å². The number of nitrogens with zero attached hydrogens (tertiary/aromatic N) is 1. The third-order valence-electron chi connectivity index (χ3n) is 5.34. The van der Waals surface area contributed by atoms with Crippen LogP contribution in [0.5, 0.6) is 0 Å². The van der Waals surface area contributed by atoms with Crippen LogP contribution in [-0.2, 0) is 9.53 Å². The lowest BCUT2D eigenvalue weighted by Gasteiger charge is -2.35. The largest absolute Gasteiger partial charge is 0.465 e. The summed E-state index contributed by atoms with van der Waals surface area (Å²) in [7, 11) is 1.64. The molecule has 2 fully saturated rings. The first kappa shape index (κ1) is 23.2. The molecule has 1 aromatic heterocycles. The zero-order chi connectivity index (χ0) is 17.0. The summed E-state index contributed by atoms with van der Waals surface area (Å²) in [6.45, 7) is 6.25. The van der Waals surface area contributed by atoms with E-state index in [1.165, 1.54) is 12.8 Å². The van der Waals surface area contributed by atoms with E-state index in [0.717, 1.165) is 37.7 Å². The van der Waals surface area contributed by atoms with Crippen molar-refractivity contribution in [2.75, 3.05) is 39.8 Å². The van der Waals surface area contributed by atoms with Gasteiger partial charge in [0.15, 0.2) is 0 Å². The summed E-state index contributed by atoms with van der Waals surface area (Å²) in [5, 5.41) is 6.42. The molecule has 0 saturated carbocycles. The number of furan rings is 1. The summed E-state index contributed by atoms with van der Waals surface area (Å²) in [5.41, 5.74) is -0.695. The molecule has 1 atom stereocenters. The minimum Gasteiger partial charge on any atom is -0.465 e. The molecule has 2 N–H and O–H groups in total. The Balaban J connectivity index is 0.00000169. The number of likely N-dealkylation sites (tertiary alicyclic amines) is 1. The van der Waals surface area contributed by atoms with Gasteiger partial charge in [0.2, 0.25) is 0 Å². The van der Waals surface area contributed by atoms with Crippen LogP contribution < -0.4 is 10.6 Å². The number of carbonyl (C=O) groups excluding carboxylic acids is 1. The zero-order valence-corrected chi connectivity index (χ0v) is 17.2. The van der Waals surface area contributed by atoms with Crippen LogP contribution in [0.1, 0.15) is 43.2 Å². The highest BCUT2D eigenvalue weighted by Crippen LogP contribution is 2.27. The lowest BCUT2D eigenvalue weighted by Crippen LogP contribution is -2.55. The summed E-state index contributed by atoms with van der Waals surface area (Å²) < 4.78 is 11.5. The molecule has 0 spiro atoms. The number of piperidine rings is 1. The van der Waals surface area contributed by atoms with Crippen LogP contribution in [0.2, 0.25) is 0 Å². The molecule has 0 aromatic carbocycles.